The number of carbonyl (C=O) groups is 2. The van der Waals surface area contributed by atoms with Crippen molar-refractivity contribution in [2.24, 2.45) is 11.8 Å². The Hall–Kier alpha value is -1.27. The minimum Gasteiger partial charge on any atom is -0.447 e. The van der Waals surface area contributed by atoms with Crippen molar-refractivity contribution in [3.63, 3.8) is 0 Å². The molecule has 0 aromatic carbocycles. The highest BCUT2D eigenvalue weighted by Crippen LogP contribution is 2.30. The van der Waals surface area contributed by atoms with Gasteiger partial charge in [0.1, 0.15) is 12.5 Å². The van der Waals surface area contributed by atoms with Crippen LogP contribution >= 0.6 is 0 Å². The summed E-state index contributed by atoms with van der Waals surface area (Å²) in [4.78, 5) is 23.5. The number of cyclic esters (lactones) is 1. The van der Waals surface area contributed by atoms with Crippen molar-refractivity contribution in [3.05, 3.63) is 0 Å². The summed E-state index contributed by atoms with van der Waals surface area (Å²) in [5.41, 5.74) is 0. The Labute approximate surface area is 96.7 Å². The number of alkyl halides is 3. The number of hydrogen-bond acceptors (Lipinski definition) is 3. The van der Waals surface area contributed by atoms with Gasteiger partial charge in [-0.05, 0) is 12.8 Å². The lowest BCUT2D eigenvalue weighted by atomic mass is 10.0. The van der Waals surface area contributed by atoms with Crippen molar-refractivity contribution in [1.29, 1.82) is 0 Å². The summed E-state index contributed by atoms with van der Waals surface area (Å²) in [6.45, 7) is 4.12. The molecule has 0 N–H and O–H groups in total. The molecule has 1 aliphatic heterocycles. The zero-order valence-electron chi connectivity index (χ0n) is 9.75. The maximum atomic E-state index is 12.4. The summed E-state index contributed by atoms with van der Waals surface area (Å²) in [5.74, 6) is -3.60. The normalized spacial score (nSPS) is 22.9. The Morgan fingerprint density at radius 2 is 1.94 bits per heavy atom. The molecule has 0 aromatic heterocycles. The number of amides is 2. The van der Waals surface area contributed by atoms with Gasteiger partial charge in [-0.15, -0.1) is 0 Å². The van der Waals surface area contributed by atoms with Crippen LogP contribution in [0.4, 0.5) is 18.0 Å². The monoisotopic (exact) mass is 253 g/mol. The van der Waals surface area contributed by atoms with E-state index < -0.39 is 30.1 Å². The van der Waals surface area contributed by atoms with Crippen LogP contribution in [0.2, 0.25) is 0 Å². The third-order valence-corrected chi connectivity index (χ3v) is 2.77. The smallest absolute Gasteiger partial charge is 0.416 e. The highest BCUT2D eigenvalue weighted by atomic mass is 19.4. The SMILES string of the molecule is CC(C)[C@H]1COC(=O)N1C(=O)[C@H](C)C(F)(F)F. The van der Waals surface area contributed by atoms with E-state index in [4.69, 9.17) is 0 Å². The van der Waals surface area contributed by atoms with E-state index in [0.717, 1.165) is 6.92 Å². The van der Waals surface area contributed by atoms with E-state index in [0.29, 0.717) is 4.90 Å². The molecule has 1 heterocycles. The molecule has 0 unspecified atom stereocenters. The Morgan fingerprint density at radius 1 is 1.41 bits per heavy atom. The second kappa shape index (κ2) is 4.54. The molecule has 0 saturated carbocycles. The number of carbonyl (C=O) groups excluding carboxylic acids is 2. The molecule has 0 aliphatic carbocycles. The van der Waals surface area contributed by atoms with Crippen LogP contribution in [0.5, 0.6) is 0 Å². The topological polar surface area (TPSA) is 46.6 Å². The van der Waals surface area contributed by atoms with Gasteiger partial charge in [0.15, 0.2) is 0 Å². The maximum absolute atomic E-state index is 12.4. The Morgan fingerprint density at radius 3 is 2.35 bits per heavy atom. The predicted octanol–water partition coefficient (Wildman–Crippen LogP) is 2.19. The van der Waals surface area contributed by atoms with Crippen LogP contribution in [-0.2, 0) is 9.53 Å². The van der Waals surface area contributed by atoms with E-state index in [1.54, 1.807) is 13.8 Å². The molecule has 1 saturated heterocycles. The number of rotatable bonds is 2. The summed E-state index contributed by atoms with van der Waals surface area (Å²) >= 11 is 0. The Balaban J connectivity index is 2.90. The Bertz CT molecular complexity index is 327. The molecule has 0 radical (unpaired) electrons. The number of ether oxygens (including phenoxy) is 1. The first kappa shape index (κ1) is 13.8. The van der Waals surface area contributed by atoms with Gasteiger partial charge in [0.25, 0.3) is 0 Å². The van der Waals surface area contributed by atoms with Crippen molar-refractivity contribution in [3.8, 4) is 0 Å². The van der Waals surface area contributed by atoms with E-state index in [1.165, 1.54) is 0 Å². The largest absolute Gasteiger partial charge is 0.447 e. The molecule has 1 aliphatic rings. The van der Waals surface area contributed by atoms with Gasteiger partial charge in [-0.1, -0.05) is 13.8 Å². The predicted molar refractivity (Wildman–Crippen MR) is 52.0 cm³/mol. The van der Waals surface area contributed by atoms with E-state index in [2.05, 4.69) is 4.74 Å². The lowest BCUT2D eigenvalue weighted by molar-refractivity contribution is -0.184. The number of nitrogens with zero attached hydrogens (tertiary/aromatic N) is 1. The zero-order valence-corrected chi connectivity index (χ0v) is 9.75. The van der Waals surface area contributed by atoms with Crippen molar-refractivity contribution in [1.82, 2.24) is 4.90 Å². The van der Waals surface area contributed by atoms with Crippen molar-refractivity contribution in [2.45, 2.75) is 33.0 Å². The molecule has 0 bridgehead atoms. The van der Waals surface area contributed by atoms with Crippen LogP contribution < -0.4 is 0 Å². The number of halogens is 3. The second-order valence-electron chi connectivity index (χ2n) is 4.36. The highest BCUT2D eigenvalue weighted by Gasteiger charge is 2.49. The molecule has 98 valence electrons. The molecule has 4 nitrogen and oxygen atoms in total. The van der Waals surface area contributed by atoms with E-state index in [1.807, 2.05) is 0 Å². The molecule has 17 heavy (non-hydrogen) atoms. The van der Waals surface area contributed by atoms with Crippen LogP contribution in [0.25, 0.3) is 0 Å². The molecule has 1 rings (SSSR count). The summed E-state index contributed by atoms with van der Waals surface area (Å²) < 4.78 is 41.8. The fraction of sp³-hybridized carbons (Fsp3) is 0.800. The van der Waals surface area contributed by atoms with Gasteiger partial charge in [-0.2, -0.15) is 13.2 Å². The molecule has 0 aromatic rings. The molecular weight excluding hydrogens is 239 g/mol. The van der Waals surface area contributed by atoms with Gasteiger partial charge in [0, 0.05) is 0 Å². The lowest BCUT2D eigenvalue weighted by Crippen LogP contribution is -2.47. The number of imide groups is 1. The molecule has 1 fully saturated rings. The first-order valence-electron chi connectivity index (χ1n) is 5.22. The molecule has 2 amide bonds. The second-order valence-corrected chi connectivity index (χ2v) is 4.36. The minimum absolute atomic E-state index is 0.0488. The van der Waals surface area contributed by atoms with Crippen molar-refractivity contribution < 1.29 is 27.5 Å². The van der Waals surface area contributed by atoms with Gasteiger partial charge < -0.3 is 4.74 Å². The quantitative estimate of drug-likeness (QED) is 0.757. The lowest BCUT2D eigenvalue weighted by Gasteiger charge is -2.26. The Kier molecular flexibility index (Phi) is 3.68. The average molecular weight is 253 g/mol. The summed E-state index contributed by atoms with van der Waals surface area (Å²) in [6.07, 6.45) is -5.65. The van der Waals surface area contributed by atoms with Crippen LogP contribution in [0.3, 0.4) is 0 Å². The van der Waals surface area contributed by atoms with Crippen LogP contribution in [0, 0.1) is 11.8 Å². The van der Waals surface area contributed by atoms with Gasteiger partial charge in [-0.25, -0.2) is 9.69 Å². The average Bonchev–Trinajstić information content (AvgIpc) is 2.56. The van der Waals surface area contributed by atoms with E-state index >= 15 is 0 Å². The molecule has 7 heteroatoms. The zero-order chi connectivity index (χ0) is 13.4. The minimum atomic E-state index is -4.65. The molecule has 0 spiro atoms. The maximum Gasteiger partial charge on any atom is 0.416 e. The standard InChI is InChI=1S/C10H14F3NO3/c1-5(2)7-4-17-9(16)14(7)8(15)6(3)10(11,12)13/h5-7H,4H2,1-3H3/t6-,7+/m0/s1. The first-order valence-corrected chi connectivity index (χ1v) is 5.22. The van der Waals surface area contributed by atoms with Gasteiger partial charge in [0.2, 0.25) is 5.91 Å². The van der Waals surface area contributed by atoms with Crippen LogP contribution in [0.1, 0.15) is 20.8 Å². The van der Waals surface area contributed by atoms with E-state index in [9.17, 15) is 22.8 Å². The number of hydrogen-bond donors (Lipinski definition) is 0. The molecular formula is C10H14F3NO3. The first-order chi connectivity index (χ1) is 7.66. The van der Waals surface area contributed by atoms with Crippen LogP contribution in [-0.4, -0.2) is 35.7 Å². The molecule has 2 atom stereocenters. The van der Waals surface area contributed by atoms with Gasteiger partial charge >= 0.3 is 12.3 Å². The fourth-order valence-electron chi connectivity index (χ4n) is 1.53. The van der Waals surface area contributed by atoms with E-state index in [-0.39, 0.29) is 12.5 Å². The third-order valence-electron chi connectivity index (χ3n) is 2.77. The summed E-state index contributed by atoms with van der Waals surface area (Å²) in [5, 5.41) is 0. The summed E-state index contributed by atoms with van der Waals surface area (Å²) in [6, 6.07) is -0.625. The van der Waals surface area contributed by atoms with Gasteiger partial charge in [0.05, 0.1) is 6.04 Å². The highest BCUT2D eigenvalue weighted by molar-refractivity contribution is 5.95. The van der Waals surface area contributed by atoms with Crippen molar-refractivity contribution >= 4 is 12.0 Å². The third kappa shape index (κ3) is 2.70. The fourth-order valence-corrected chi connectivity index (χ4v) is 1.53. The van der Waals surface area contributed by atoms with Crippen LogP contribution in [0.15, 0.2) is 0 Å². The summed E-state index contributed by atoms with van der Waals surface area (Å²) in [7, 11) is 0. The van der Waals surface area contributed by atoms with Gasteiger partial charge in [-0.3, -0.25) is 4.79 Å². The van der Waals surface area contributed by atoms with Crippen molar-refractivity contribution in [2.75, 3.05) is 6.61 Å².